The highest BCUT2D eigenvalue weighted by atomic mass is 16.5. The predicted octanol–water partition coefficient (Wildman–Crippen LogP) is 2.53. The molecule has 0 saturated carbocycles. The lowest BCUT2D eigenvalue weighted by atomic mass is 9.95. The second-order valence-electron chi connectivity index (χ2n) is 6.26. The Morgan fingerprint density at radius 1 is 1.33 bits per heavy atom. The first kappa shape index (κ1) is 16.1. The SMILES string of the molecule is COc1cccc(N2CCC(CN(C)C)CC2)c1[C@H](C)O. The fourth-order valence-corrected chi connectivity index (χ4v) is 3.28. The molecular weight excluding hydrogens is 264 g/mol. The van der Waals surface area contributed by atoms with E-state index in [1.807, 2.05) is 12.1 Å². The van der Waals surface area contributed by atoms with Gasteiger partial charge in [0, 0.05) is 30.9 Å². The van der Waals surface area contributed by atoms with Crippen LogP contribution in [0.4, 0.5) is 5.69 Å². The topological polar surface area (TPSA) is 35.9 Å². The average Bonchev–Trinajstić information content (AvgIpc) is 2.46. The second-order valence-corrected chi connectivity index (χ2v) is 6.26. The number of rotatable bonds is 5. The molecule has 1 fully saturated rings. The zero-order chi connectivity index (χ0) is 15.4. The molecule has 0 unspecified atom stereocenters. The van der Waals surface area contributed by atoms with Crippen molar-refractivity contribution in [3.63, 3.8) is 0 Å². The Morgan fingerprint density at radius 2 is 2.00 bits per heavy atom. The molecule has 1 atom stereocenters. The van der Waals surface area contributed by atoms with Crippen LogP contribution in [0, 0.1) is 5.92 Å². The van der Waals surface area contributed by atoms with Crippen LogP contribution in [0.25, 0.3) is 0 Å². The van der Waals surface area contributed by atoms with Crippen LogP contribution in [0.2, 0.25) is 0 Å². The maximum Gasteiger partial charge on any atom is 0.126 e. The Kier molecular flexibility index (Phi) is 5.48. The molecule has 1 aromatic carbocycles. The summed E-state index contributed by atoms with van der Waals surface area (Å²) < 4.78 is 5.42. The molecule has 1 aromatic rings. The standard InChI is InChI=1S/C17H28N2O2/c1-13(20)17-15(6-5-7-16(17)21-4)19-10-8-14(9-11-19)12-18(2)3/h5-7,13-14,20H,8-12H2,1-4H3/t13-/m0/s1. The summed E-state index contributed by atoms with van der Waals surface area (Å²) in [6.07, 6.45) is 1.89. The molecular formula is C17H28N2O2. The van der Waals surface area contributed by atoms with Gasteiger partial charge in [-0.25, -0.2) is 0 Å². The quantitative estimate of drug-likeness (QED) is 0.904. The van der Waals surface area contributed by atoms with Gasteiger partial charge in [0.05, 0.1) is 13.2 Å². The lowest BCUT2D eigenvalue weighted by Gasteiger charge is -2.36. The van der Waals surface area contributed by atoms with Crippen molar-refractivity contribution in [2.45, 2.75) is 25.9 Å². The van der Waals surface area contributed by atoms with Crippen molar-refractivity contribution in [1.29, 1.82) is 0 Å². The largest absolute Gasteiger partial charge is 0.496 e. The van der Waals surface area contributed by atoms with Gasteiger partial charge in [-0.2, -0.15) is 0 Å². The van der Waals surface area contributed by atoms with E-state index in [1.165, 1.54) is 12.8 Å². The van der Waals surface area contributed by atoms with E-state index in [-0.39, 0.29) is 0 Å². The van der Waals surface area contributed by atoms with Gasteiger partial charge in [-0.3, -0.25) is 0 Å². The molecule has 1 N–H and O–H groups in total. The van der Waals surface area contributed by atoms with E-state index in [0.717, 1.165) is 42.6 Å². The van der Waals surface area contributed by atoms with Crippen LogP contribution in [-0.2, 0) is 0 Å². The molecule has 2 rings (SSSR count). The Labute approximate surface area is 128 Å². The first-order valence-electron chi connectivity index (χ1n) is 7.77. The van der Waals surface area contributed by atoms with E-state index in [9.17, 15) is 5.11 Å². The zero-order valence-electron chi connectivity index (χ0n) is 13.7. The van der Waals surface area contributed by atoms with Crippen molar-refractivity contribution in [3.05, 3.63) is 23.8 Å². The van der Waals surface area contributed by atoms with E-state index >= 15 is 0 Å². The number of piperidine rings is 1. The molecule has 4 nitrogen and oxygen atoms in total. The number of ether oxygens (including phenoxy) is 1. The van der Waals surface area contributed by atoms with Crippen molar-refractivity contribution in [2.75, 3.05) is 45.7 Å². The second kappa shape index (κ2) is 7.14. The third-order valence-corrected chi connectivity index (χ3v) is 4.26. The fraction of sp³-hybridized carbons (Fsp3) is 0.647. The maximum absolute atomic E-state index is 10.1. The van der Waals surface area contributed by atoms with Crippen LogP contribution in [0.15, 0.2) is 18.2 Å². The van der Waals surface area contributed by atoms with Gasteiger partial charge in [0.2, 0.25) is 0 Å². The first-order valence-corrected chi connectivity index (χ1v) is 7.77. The van der Waals surface area contributed by atoms with Crippen LogP contribution in [0.5, 0.6) is 5.75 Å². The Bertz CT molecular complexity index is 452. The van der Waals surface area contributed by atoms with Crippen LogP contribution in [0.3, 0.4) is 0 Å². The Morgan fingerprint density at radius 3 is 2.52 bits per heavy atom. The minimum atomic E-state index is -0.518. The molecule has 1 aliphatic rings. The van der Waals surface area contributed by atoms with Gasteiger partial charge in [-0.05, 0) is 51.9 Å². The maximum atomic E-state index is 10.1. The number of benzene rings is 1. The minimum absolute atomic E-state index is 0.518. The molecule has 1 heterocycles. The van der Waals surface area contributed by atoms with Crippen molar-refractivity contribution in [3.8, 4) is 5.75 Å². The lowest BCUT2D eigenvalue weighted by Crippen LogP contribution is -2.37. The van der Waals surface area contributed by atoms with Gasteiger partial charge >= 0.3 is 0 Å². The first-order chi connectivity index (χ1) is 10.0. The lowest BCUT2D eigenvalue weighted by molar-refractivity contribution is 0.194. The van der Waals surface area contributed by atoms with Crippen molar-refractivity contribution in [1.82, 2.24) is 4.90 Å². The summed E-state index contributed by atoms with van der Waals surface area (Å²) in [6, 6.07) is 6.02. The fourth-order valence-electron chi connectivity index (χ4n) is 3.28. The molecule has 0 aromatic heterocycles. The summed E-state index contributed by atoms with van der Waals surface area (Å²) in [5, 5.41) is 10.1. The van der Waals surface area contributed by atoms with Gasteiger partial charge in [-0.1, -0.05) is 6.07 Å². The monoisotopic (exact) mass is 292 g/mol. The molecule has 0 aliphatic carbocycles. The Hall–Kier alpha value is -1.26. The van der Waals surface area contributed by atoms with E-state index in [0.29, 0.717) is 0 Å². The van der Waals surface area contributed by atoms with Gasteiger partial charge in [0.25, 0.3) is 0 Å². The number of hydrogen-bond acceptors (Lipinski definition) is 4. The van der Waals surface area contributed by atoms with Crippen molar-refractivity contribution < 1.29 is 9.84 Å². The molecule has 1 saturated heterocycles. The predicted molar refractivity (Wildman–Crippen MR) is 87.1 cm³/mol. The summed E-state index contributed by atoms with van der Waals surface area (Å²) in [5.41, 5.74) is 2.03. The third-order valence-electron chi connectivity index (χ3n) is 4.26. The summed E-state index contributed by atoms with van der Waals surface area (Å²) in [7, 11) is 5.94. The number of aliphatic hydroxyl groups is 1. The average molecular weight is 292 g/mol. The van der Waals surface area contributed by atoms with E-state index < -0.39 is 6.10 Å². The number of anilines is 1. The van der Waals surface area contributed by atoms with Crippen molar-refractivity contribution >= 4 is 5.69 Å². The summed E-state index contributed by atoms with van der Waals surface area (Å²) in [5.74, 6) is 1.55. The molecule has 4 heteroatoms. The number of nitrogens with zero attached hydrogens (tertiary/aromatic N) is 2. The zero-order valence-corrected chi connectivity index (χ0v) is 13.7. The molecule has 0 amide bonds. The van der Waals surface area contributed by atoms with Gasteiger partial charge in [-0.15, -0.1) is 0 Å². The number of methoxy groups -OCH3 is 1. The smallest absolute Gasteiger partial charge is 0.126 e. The minimum Gasteiger partial charge on any atom is -0.496 e. The normalized spacial score (nSPS) is 18.1. The summed E-state index contributed by atoms with van der Waals surface area (Å²) in [6.45, 7) is 5.06. The molecule has 21 heavy (non-hydrogen) atoms. The van der Waals surface area contributed by atoms with E-state index in [4.69, 9.17) is 4.74 Å². The number of hydrogen-bond donors (Lipinski definition) is 1. The molecule has 118 valence electrons. The summed E-state index contributed by atoms with van der Waals surface area (Å²) in [4.78, 5) is 4.66. The van der Waals surface area contributed by atoms with Gasteiger partial charge in [0.15, 0.2) is 0 Å². The number of aliphatic hydroxyl groups excluding tert-OH is 1. The molecule has 1 aliphatic heterocycles. The van der Waals surface area contributed by atoms with Crippen LogP contribution in [-0.4, -0.2) is 50.8 Å². The van der Waals surface area contributed by atoms with Crippen LogP contribution in [0.1, 0.15) is 31.4 Å². The highest BCUT2D eigenvalue weighted by molar-refractivity contribution is 5.60. The highest BCUT2D eigenvalue weighted by Crippen LogP contribution is 2.36. The Balaban J connectivity index is 2.13. The summed E-state index contributed by atoms with van der Waals surface area (Å²) >= 11 is 0. The third kappa shape index (κ3) is 3.89. The highest BCUT2D eigenvalue weighted by Gasteiger charge is 2.24. The van der Waals surface area contributed by atoms with Gasteiger partial charge < -0.3 is 19.6 Å². The van der Waals surface area contributed by atoms with Crippen LogP contribution < -0.4 is 9.64 Å². The molecule has 0 spiro atoms. The van der Waals surface area contributed by atoms with Gasteiger partial charge in [0.1, 0.15) is 5.75 Å². The molecule has 0 radical (unpaired) electrons. The van der Waals surface area contributed by atoms with E-state index in [2.05, 4.69) is 30.0 Å². The van der Waals surface area contributed by atoms with E-state index in [1.54, 1.807) is 14.0 Å². The van der Waals surface area contributed by atoms with Crippen molar-refractivity contribution in [2.24, 2.45) is 5.92 Å². The van der Waals surface area contributed by atoms with Crippen LogP contribution >= 0.6 is 0 Å². The molecule has 0 bridgehead atoms.